The molecule has 0 aliphatic carbocycles. The quantitative estimate of drug-likeness (QED) is 0.720. The van der Waals surface area contributed by atoms with Crippen molar-refractivity contribution in [1.82, 2.24) is 15.6 Å². The third-order valence-electron chi connectivity index (χ3n) is 6.37. The van der Waals surface area contributed by atoms with Gasteiger partial charge in [-0.1, -0.05) is 11.2 Å². The first-order valence-corrected chi connectivity index (χ1v) is 11.6. The summed E-state index contributed by atoms with van der Waals surface area (Å²) in [5.74, 6) is 1.03. The van der Waals surface area contributed by atoms with E-state index in [2.05, 4.69) is 15.6 Å². The van der Waals surface area contributed by atoms with E-state index in [4.69, 9.17) is 14.0 Å². The van der Waals surface area contributed by atoms with Gasteiger partial charge in [-0.25, -0.2) is 14.6 Å². The SMILES string of the molecule is COC(=O)N1c2ccc(C3CNN(Cc4c(C)noc4C)C3)cc2N(C(=O)OC(C)C)C[C@@H]1C. The summed E-state index contributed by atoms with van der Waals surface area (Å²) in [6.45, 7) is 12.0. The summed E-state index contributed by atoms with van der Waals surface area (Å²) >= 11 is 0. The zero-order valence-electron chi connectivity index (χ0n) is 20.6. The third kappa shape index (κ3) is 4.60. The number of methoxy groups -OCH3 is 1. The Morgan fingerprint density at radius 3 is 2.62 bits per heavy atom. The maximum Gasteiger partial charge on any atom is 0.414 e. The standard InChI is InChI=1S/C24H33N5O5/c1-14(2)33-23(30)28-11-15(3)29(24(31)32-6)21-8-7-18(9-22(21)28)19-10-25-27(12-19)13-20-16(4)26-34-17(20)5/h7-9,14-15,19,25H,10-13H2,1-6H3/t15-,19?/m0/s1. The largest absolute Gasteiger partial charge is 0.452 e. The van der Waals surface area contributed by atoms with Crippen LogP contribution in [-0.2, 0) is 16.0 Å². The monoisotopic (exact) mass is 471 g/mol. The summed E-state index contributed by atoms with van der Waals surface area (Å²) < 4.78 is 15.8. The van der Waals surface area contributed by atoms with Crippen LogP contribution in [0.5, 0.6) is 0 Å². The van der Waals surface area contributed by atoms with Crippen molar-refractivity contribution in [3.8, 4) is 0 Å². The van der Waals surface area contributed by atoms with Crippen LogP contribution in [0.2, 0.25) is 0 Å². The lowest BCUT2D eigenvalue weighted by molar-refractivity contribution is 0.121. The molecule has 2 atom stereocenters. The normalized spacial score (nSPS) is 20.6. The summed E-state index contributed by atoms with van der Waals surface area (Å²) in [5.41, 5.74) is 7.80. The van der Waals surface area contributed by atoms with Crippen LogP contribution in [-0.4, -0.2) is 61.2 Å². The molecule has 0 bridgehead atoms. The van der Waals surface area contributed by atoms with Crippen molar-refractivity contribution in [3.05, 3.63) is 40.8 Å². The van der Waals surface area contributed by atoms with E-state index in [1.807, 2.05) is 52.8 Å². The lowest BCUT2D eigenvalue weighted by Crippen LogP contribution is -2.52. The molecule has 0 spiro atoms. The number of aryl methyl sites for hydroxylation is 2. The van der Waals surface area contributed by atoms with Crippen LogP contribution >= 0.6 is 0 Å². The van der Waals surface area contributed by atoms with Crippen molar-refractivity contribution in [3.63, 3.8) is 0 Å². The first kappa shape index (κ1) is 24.0. The molecule has 1 unspecified atom stereocenters. The Morgan fingerprint density at radius 2 is 1.97 bits per heavy atom. The average molecular weight is 472 g/mol. The number of ether oxygens (including phenoxy) is 2. The second kappa shape index (κ2) is 9.63. The first-order chi connectivity index (χ1) is 16.2. The predicted octanol–water partition coefficient (Wildman–Crippen LogP) is 3.72. The molecule has 2 aromatic rings. The van der Waals surface area contributed by atoms with Gasteiger partial charge < -0.3 is 14.0 Å². The third-order valence-corrected chi connectivity index (χ3v) is 6.37. The minimum Gasteiger partial charge on any atom is -0.452 e. The number of hydrazine groups is 1. The molecule has 0 saturated carbocycles. The van der Waals surface area contributed by atoms with Gasteiger partial charge in [-0.15, -0.1) is 0 Å². The van der Waals surface area contributed by atoms with Crippen LogP contribution in [0.3, 0.4) is 0 Å². The Bertz CT molecular complexity index is 1050. The van der Waals surface area contributed by atoms with Crippen LogP contribution in [0.4, 0.5) is 21.0 Å². The molecule has 184 valence electrons. The number of anilines is 2. The van der Waals surface area contributed by atoms with Crippen LogP contribution in [0, 0.1) is 13.8 Å². The molecule has 2 aliphatic heterocycles. The number of amides is 2. The van der Waals surface area contributed by atoms with Crippen molar-refractivity contribution >= 4 is 23.6 Å². The smallest absolute Gasteiger partial charge is 0.414 e. The van der Waals surface area contributed by atoms with E-state index in [0.717, 1.165) is 35.7 Å². The average Bonchev–Trinajstić information content (AvgIpc) is 3.39. The molecule has 10 nitrogen and oxygen atoms in total. The van der Waals surface area contributed by atoms with Gasteiger partial charge in [-0.3, -0.25) is 15.2 Å². The van der Waals surface area contributed by atoms with Gasteiger partial charge in [0, 0.05) is 31.1 Å². The number of rotatable bonds is 4. The van der Waals surface area contributed by atoms with E-state index in [1.165, 1.54) is 7.11 Å². The van der Waals surface area contributed by atoms with Gasteiger partial charge in [0.1, 0.15) is 5.76 Å². The van der Waals surface area contributed by atoms with Crippen molar-refractivity contribution < 1.29 is 23.6 Å². The molecule has 10 heteroatoms. The van der Waals surface area contributed by atoms with Gasteiger partial charge in [-0.2, -0.15) is 0 Å². The number of carbonyl (C=O) groups is 2. The van der Waals surface area contributed by atoms with E-state index in [-0.39, 0.29) is 18.1 Å². The molecule has 2 amide bonds. The van der Waals surface area contributed by atoms with Crippen molar-refractivity contribution in [2.45, 2.75) is 59.2 Å². The summed E-state index contributed by atoms with van der Waals surface area (Å²) in [6.07, 6.45) is -1.12. The van der Waals surface area contributed by atoms with Gasteiger partial charge in [0.2, 0.25) is 0 Å². The highest BCUT2D eigenvalue weighted by Gasteiger charge is 2.37. The number of benzene rings is 1. The summed E-state index contributed by atoms with van der Waals surface area (Å²) in [6, 6.07) is 5.64. The van der Waals surface area contributed by atoms with Crippen LogP contribution in [0.15, 0.2) is 22.7 Å². The number of hydrogen-bond donors (Lipinski definition) is 1. The van der Waals surface area contributed by atoms with Crippen molar-refractivity contribution in [2.75, 3.05) is 36.5 Å². The molecule has 1 N–H and O–H groups in total. The molecule has 1 aromatic heterocycles. The number of nitrogens with one attached hydrogen (secondary N) is 1. The molecule has 1 saturated heterocycles. The van der Waals surface area contributed by atoms with Gasteiger partial charge >= 0.3 is 12.2 Å². The second-order valence-electron chi connectivity index (χ2n) is 9.22. The minimum absolute atomic E-state index is 0.208. The molecular formula is C24H33N5O5. The zero-order chi connectivity index (χ0) is 24.6. The highest BCUT2D eigenvalue weighted by atomic mass is 16.6. The van der Waals surface area contributed by atoms with E-state index >= 15 is 0 Å². The van der Waals surface area contributed by atoms with Crippen molar-refractivity contribution in [2.24, 2.45) is 0 Å². The number of aromatic nitrogens is 1. The fourth-order valence-electron chi connectivity index (χ4n) is 4.61. The first-order valence-electron chi connectivity index (χ1n) is 11.6. The predicted molar refractivity (Wildman–Crippen MR) is 127 cm³/mol. The molecule has 1 aromatic carbocycles. The Hall–Kier alpha value is -3.11. The maximum atomic E-state index is 12.9. The Morgan fingerprint density at radius 1 is 1.21 bits per heavy atom. The van der Waals surface area contributed by atoms with Crippen molar-refractivity contribution in [1.29, 1.82) is 0 Å². The van der Waals surface area contributed by atoms with E-state index < -0.39 is 12.2 Å². The molecule has 1 fully saturated rings. The molecule has 2 aliphatic rings. The van der Waals surface area contributed by atoms with Gasteiger partial charge in [0.15, 0.2) is 0 Å². The number of carbonyl (C=O) groups excluding carboxylic acids is 2. The van der Waals surface area contributed by atoms with Gasteiger partial charge in [0.05, 0.1) is 42.9 Å². The highest BCUT2D eigenvalue weighted by molar-refractivity contribution is 6.00. The number of fused-ring (bicyclic) bond motifs is 1. The van der Waals surface area contributed by atoms with Crippen LogP contribution in [0.25, 0.3) is 0 Å². The van der Waals surface area contributed by atoms with E-state index in [0.29, 0.717) is 24.5 Å². The van der Waals surface area contributed by atoms with Crippen LogP contribution < -0.4 is 15.2 Å². The lowest BCUT2D eigenvalue weighted by Gasteiger charge is -2.40. The van der Waals surface area contributed by atoms with Gasteiger partial charge in [0.25, 0.3) is 0 Å². The summed E-state index contributed by atoms with van der Waals surface area (Å²) in [4.78, 5) is 28.7. The molecular weight excluding hydrogens is 438 g/mol. The van der Waals surface area contributed by atoms with E-state index in [9.17, 15) is 9.59 Å². The van der Waals surface area contributed by atoms with Crippen LogP contribution in [0.1, 0.15) is 49.3 Å². The Kier molecular flexibility index (Phi) is 6.81. The fourth-order valence-corrected chi connectivity index (χ4v) is 4.61. The molecule has 34 heavy (non-hydrogen) atoms. The summed E-state index contributed by atoms with van der Waals surface area (Å²) in [7, 11) is 1.36. The van der Waals surface area contributed by atoms with Gasteiger partial charge in [-0.05, 0) is 52.3 Å². The highest BCUT2D eigenvalue weighted by Crippen LogP contribution is 2.39. The zero-order valence-corrected chi connectivity index (χ0v) is 20.6. The minimum atomic E-state index is -0.452. The Balaban J connectivity index is 1.61. The molecule has 0 radical (unpaired) electrons. The summed E-state index contributed by atoms with van der Waals surface area (Å²) in [5, 5.41) is 6.20. The second-order valence-corrected chi connectivity index (χ2v) is 9.22. The number of hydrogen-bond acceptors (Lipinski definition) is 8. The Labute approximate surface area is 199 Å². The fraction of sp³-hybridized carbons (Fsp3) is 0.542. The number of nitrogens with zero attached hydrogens (tertiary/aromatic N) is 4. The maximum absolute atomic E-state index is 12.9. The van der Waals surface area contributed by atoms with E-state index in [1.54, 1.807) is 9.80 Å². The lowest BCUT2D eigenvalue weighted by atomic mass is 9.97. The molecule has 4 rings (SSSR count). The molecule has 3 heterocycles. The topological polar surface area (TPSA) is 100 Å².